The van der Waals surface area contributed by atoms with E-state index < -0.39 is 18.7 Å². The van der Waals surface area contributed by atoms with Crippen LogP contribution in [-0.2, 0) is 13.6 Å². The Bertz CT molecular complexity index is 1260. The highest BCUT2D eigenvalue weighted by atomic mass is 19.2. The van der Waals surface area contributed by atoms with Gasteiger partial charge in [0, 0.05) is 44.2 Å². The standard InChI is InChI=1S/C26H36F3N9/c1-5-37(14-19-8-6-7-9-19)24-21(13-22-18(3)33-36(4)25(22)30-24)16-38(26-31-34-35-32-26)15-20(10-11-27)12-23(29)17(2)28/h10,12-13,17,19H,5-9,11,14-16H2,1-4H3,(H,31,32,34,35)/b20-10+,23-12+. The summed E-state index contributed by atoms with van der Waals surface area (Å²) in [7, 11) is 1.88. The van der Waals surface area contributed by atoms with Crippen molar-refractivity contribution in [2.45, 2.75) is 59.2 Å². The Balaban J connectivity index is 1.76. The number of allylic oxidation sites excluding steroid dienone is 2. The molecule has 0 spiro atoms. The molecule has 38 heavy (non-hydrogen) atoms. The van der Waals surface area contributed by atoms with Crippen molar-refractivity contribution < 1.29 is 13.2 Å². The number of nitrogens with zero attached hydrogens (tertiary/aromatic N) is 8. The van der Waals surface area contributed by atoms with Crippen LogP contribution < -0.4 is 9.80 Å². The number of tetrazole rings is 1. The predicted molar refractivity (Wildman–Crippen MR) is 142 cm³/mol. The Morgan fingerprint density at radius 2 is 2.05 bits per heavy atom. The Labute approximate surface area is 220 Å². The molecule has 0 aromatic carbocycles. The summed E-state index contributed by atoms with van der Waals surface area (Å²) in [5, 5.41) is 19.8. The van der Waals surface area contributed by atoms with Crippen LogP contribution in [0.5, 0.6) is 0 Å². The monoisotopic (exact) mass is 531 g/mol. The maximum atomic E-state index is 14.2. The topological polar surface area (TPSA) is 91.7 Å². The van der Waals surface area contributed by atoms with Crippen molar-refractivity contribution >= 4 is 22.8 Å². The molecule has 0 bridgehead atoms. The number of halogens is 3. The van der Waals surface area contributed by atoms with Gasteiger partial charge in [-0.3, -0.25) is 4.68 Å². The number of alkyl halides is 2. The Morgan fingerprint density at radius 3 is 2.68 bits per heavy atom. The third-order valence-electron chi connectivity index (χ3n) is 7.08. The van der Waals surface area contributed by atoms with Crippen LogP contribution in [0.15, 0.2) is 29.6 Å². The first kappa shape index (κ1) is 27.6. The molecule has 0 radical (unpaired) electrons. The van der Waals surface area contributed by atoms with Gasteiger partial charge in [-0.25, -0.2) is 18.2 Å². The first-order valence-corrected chi connectivity index (χ1v) is 13.1. The van der Waals surface area contributed by atoms with Crippen molar-refractivity contribution in [2.24, 2.45) is 13.0 Å². The van der Waals surface area contributed by atoms with Crippen molar-refractivity contribution in [1.82, 2.24) is 35.4 Å². The van der Waals surface area contributed by atoms with Crippen LogP contribution in [0.1, 0.15) is 50.8 Å². The van der Waals surface area contributed by atoms with Gasteiger partial charge in [-0.15, -0.1) is 5.10 Å². The van der Waals surface area contributed by atoms with Gasteiger partial charge < -0.3 is 9.80 Å². The number of nitrogens with one attached hydrogen (secondary N) is 1. The van der Waals surface area contributed by atoms with Crippen LogP contribution in [-0.4, -0.2) is 67.9 Å². The van der Waals surface area contributed by atoms with Crippen LogP contribution in [0.2, 0.25) is 0 Å². The smallest absolute Gasteiger partial charge is 0.266 e. The van der Waals surface area contributed by atoms with E-state index in [-0.39, 0.29) is 24.6 Å². The normalized spacial score (nSPS) is 16.0. The largest absolute Gasteiger partial charge is 0.356 e. The van der Waals surface area contributed by atoms with Crippen LogP contribution in [0, 0.1) is 12.8 Å². The molecule has 3 aromatic rings. The Morgan fingerprint density at radius 1 is 1.29 bits per heavy atom. The molecule has 206 valence electrons. The molecular formula is C26H36F3N9. The number of H-pyrrole nitrogens is 1. The average Bonchev–Trinajstić information content (AvgIpc) is 3.65. The van der Waals surface area contributed by atoms with Crippen LogP contribution in [0.3, 0.4) is 0 Å². The first-order valence-electron chi connectivity index (χ1n) is 13.1. The second kappa shape index (κ2) is 12.4. The van der Waals surface area contributed by atoms with Gasteiger partial charge in [-0.1, -0.05) is 17.9 Å². The zero-order chi connectivity index (χ0) is 27.2. The molecule has 1 fully saturated rings. The number of hydrogen-bond acceptors (Lipinski definition) is 7. The summed E-state index contributed by atoms with van der Waals surface area (Å²) in [5.41, 5.74) is 2.82. The second-order valence-electron chi connectivity index (χ2n) is 9.89. The van der Waals surface area contributed by atoms with E-state index in [1.165, 1.54) is 31.8 Å². The summed E-state index contributed by atoms with van der Waals surface area (Å²) in [6.07, 6.45) is 5.37. The summed E-state index contributed by atoms with van der Waals surface area (Å²) >= 11 is 0. The van der Waals surface area contributed by atoms with E-state index >= 15 is 0 Å². The van der Waals surface area contributed by atoms with Gasteiger partial charge in [0.2, 0.25) is 0 Å². The van der Waals surface area contributed by atoms with Gasteiger partial charge in [0.1, 0.15) is 24.5 Å². The van der Waals surface area contributed by atoms with Crippen molar-refractivity contribution in [2.75, 3.05) is 36.1 Å². The van der Waals surface area contributed by atoms with E-state index in [4.69, 9.17) is 4.98 Å². The lowest BCUT2D eigenvalue weighted by Gasteiger charge is -2.29. The lowest BCUT2D eigenvalue weighted by molar-refractivity contribution is 0.349. The first-order chi connectivity index (χ1) is 18.3. The number of fused-ring (bicyclic) bond motifs is 1. The number of rotatable bonds is 12. The summed E-state index contributed by atoms with van der Waals surface area (Å²) in [5.74, 6) is 0.723. The number of hydrogen-bond donors (Lipinski definition) is 1. The highest BCUT2D eigenvalue weighted by Gasteiger charge is 2.24. The van der Waals surface area contributed by atoms with Gasteiger partial charge >= 0.3 is 0 Å². The van der Waals surface area contributed by atoms with Gasteiger partial charge in [-0.2, -0.15) is 10.3 Å². The zero-order valence-electron chi connectivity index (χ0n) is 22.5. The lowest BCUT2D eigenvalue weighted by atomic mass is 10.1. The number of aryl methyl sites for hydroxylation is 2. The summed E-state index contributed by atoms with van der Waals surface area (Å²) < 4.78 is 42.8. The third kappa shape index (κ3) is 6.33. The molecule has 0 amide bonds. The minimum absolute atomic E-state index is 0.0435. The zero-order valence-corrected chi connectivity index (χ0v) is 22.5. The van der Waals surface area contributed by atoms with E-state index in [1.54, 1.807) is 9.58 Å². The Hall–Kier alpha value is -3.44. The van der Waals surface area contributed by atoms with Gasteiger partial charge in [0.25, 0.3) is 5.95 Å². The fourth-order valence-corrected chi connectivity index (χ4v) is 5.11. The highest BCUT2D eigenvalue weighted by molar-refractivity contribution is 5.81. The number of aromatic nitrogens is 7. The summed E-state index contributed by atoms with van der Waals surface area (Å²) in [6.45, 7) is 6.34. The fraction of sp³-hybridized carbons (Fsp3) is 0.577. The molecule has 1 unspecified atom stereocenters. The molecule has 1 atom stereocenters. The lowest BCUT2D eigenvalue weighted by Crippen LogP contribution is -2.32. The van der Waals surface area contributed by atoms with Crippen LogP contribution >= 0.6 is 0 Å². The van der Waals surface area contributed by atoms with E-state index in [2.05, 4.69) is 43.6 Å². The molecule has 12 heteroatoms. The molecular weight excluding hydrogens is 495 g/mol. The van der Waals surface area contributed by atoms with Crippen molar-refractivity contribution in [3.8, 4) is 0 Å². The quantitative estimate of drug-likeness (QED) is 0.332. The van der Waals surface area contributed by atoms with Gasteiger partial charge in [0.15, 0.2) is 5.65 Å². The summed E-state index contributed by atoms with van der Waals surface area (Å²) in [4.78, 5) is 9.11. The Kier molecular flexibility index (Phi) is 9.01. The molecule has 9 nitrogen and oxygen atoms in total. The van der Waals surface area contributed by atoms with E-state index in [9.17, 15) is 13.2 Å². The molecule has 3 aromatic heterocycles. The third-order valence-corrected chi connectivity index (χ3v) is 7.08. The summed E-state index contributed by atoms with van der Waals surface area (Å²) in [6, 6.07) is 2.07. The SMILES string of the molecule is CCN(CC1CCCC1)c1nc2c(cc1CN(CC(=C/CF)/C=C(/F)C(C)F)c1nn[nH]n1)c(C)nn2C. The van der Waals surface area contributed by atoms with Crippen molar-refractivity contribution in [1.29, 1.82) is 0 Å². The molecule has 1 N–H and O–H groups in total. The molecule has 1 saturated carbocycles. The van der Waals surface area contributed by atoms with E-state index in [0.717, 1.165) is 54.2 Å². The fourth-order valence-electron chi connectivity index (χ4n) is 5.11. The molecule has 3 heterocycles. The molecule has 1 aliphatic rings. The molecule has 0 saturated heterocycles. The van der Waals surface area contributed by atoms with Crippen LogP contribution in [0.4, 0.5) is 24.9 Å². The minimum atomic E-state index is -1.79. The molecule has 4 rings (SSSR count). The maximum Gasteiger partial charge on any atom is 0.266 e. The van der Waals surface area contributed by atoms with E-state index in [0.29, 0.717) is 5.92 Å². The number of pyridine rings is 1. The van der Waals surface area contributed by atoms with E-state index in [1.807, 2.05) is 14.0 Å². The van der Waals surface area contributed by atoms with Crippen molar-refractivity contribution in [3.05, 3.63) is 40.9 Å². The number of anilines is 2. The predicted octanol–water partition coefficient (Wildman–Crippen LogP) is 4.92. The highest BCUT2D eigenvalue weighted by Crippen LogP contribution is 2.31. The minimum Gasteiger partial charge on any atom is -0.356 e. The maximum absolute atomic E-state index is 14.2. The molecule has 0 aliphatic heterocycles. The second-order valence-corrected chi connectivity index (χ2v) is 9.89. The average molecular weight is 532 g/mol. The van der Waals surface area contributed by atoms with Crippen LogP contribution in [0.25, 0.3) is 11.0 Å². The van der Waals surface area contributed by atoms with Gasteiger partial charge in [0.05, 0.1) is 5.69 Å². The number of aromatic amines is 1. The van der Waals surface area contributed by atoms with Gasteiger partial charge in [-0.05, 0) is 68.5 Å². The van der Waals surface area contributed by atoms with Crippen molar-refractivity contribution in [3.63, 3.8) is 0 Å². The molecule has 1 aliphatic carbocycles.